The molecule has 2 heterocycles. The molecule has 5 rings (SSSR count). The molecule has 0 radical (unpaired) electrons. The van der Waals surface area contributed by atoms with E-state index < -0.39 is 0 Å². The summed E-state index contributed by atoms with van der Waals surface area (Å²) in [6.45, 7) is 2.17. The van der Waals surface area contributed by atoms with E-state index >= 15 is 0 Å². The van der Waals surface area contributed by atoms with Crippen LogP contribution in [0, 0.1) is 12.8 Å². The number of aryl methyl sites for hydroxylation is 2. The molecule has 108 valence electrons. The van der Waals surface area contributed by atoms with Crippen LogP contribution in [0.15, 0.2) is 47.0 Å². The molecule has 22 heavy (non-hydrogen) atoms. The first-order valence-electron chi connectivity index (χ1n) is 7.93. The number of aromatic nitrogens is 1. The second-order valence-corrected chi connectivity index (χ2v) is 6.58. The standard InChI is InChI=1S/C20H18NO/c1-12-6-8-15-14-9-7-13-11-16(13)19(14)22-20(15)18(12)17-5-3-4-10-21(17)2/h3-10,13,16H,11H2,1-2H3/q+1. The number of furan rings is 1. The molecule has 2 heteroatoms. The summed E-state index contributed by atoms with van der Waals surface area (Å²) in [7, 11) is 2.09. The van der Waals surface area contributed by atoms with Crippen molar-refractivity contribution in [2.24, 2.45) is 13.0 Å². The maximum absolute atomic E-state index is 6.40. The Labute approximate surface area is 129 Å². The maximum atomic E-state index is 6.40. The summed E-state index contributed by atoms with van der Waals surface area (Å²) < 4.78 is 8.57. The van der Waals surface area contributed by atoms with E-state index in [1.165, 1.54) is 40.0 Å². The van der Waals surface area contributed by atoms with Crippen molar-refractivity contribution in [3.05, 3.63) is 59.5 Å². The highest BCUT2D eigenvalue weighted by Crippen LogP contribution is 2.55. The van der Waals surface area contributed by atoms with Crippen LogP contribution in [0.2, 0.25) is 0 Å². The number of hydrogen-bond donors (Lipinski definition) is 0. The number of fused-ring (bicyclic) bond motifs is 5. The number of nitrogens with zero attached hydrogens (tertiary/aromatic N) is 1. The molecule has 0 bridgehead atoms. The van der Waals surface area contributed by atoms with Gasteiger partial charge in [-0.25, -0.2) is 4.57 Å². The minimum absolute atomic E-state index is 0.616. The SMILES string of the molecule is Cc1ccc2c3c(oc2c1-c1cccc[n+]1C)C1CC1C=C3. The lowest BCUT2D eigenvalue weighted by Crippen LogP contribution is -2.30. The van der Waals surface area contributed by atoms with Gasteiger partial charge in [0.15, 0.2) is 6.20 Å². The Morgan fingerprint density at radius 3 is 2.95 bits per heavy atom. The largest absolute Gasteiger partial charge is 0.459 e. The fourth-order valence-corrected chi connectivity index (χ4v) is 3.79. The predicted octanol–water partition coefficient (Wildman–Crippen LogP) is 4.36. The van der Waals surface area contributed by atoms with E-state index in [-0.39, 0.29) is 0 Å². The summed E-state index contributed by atoms with van der Waals surface area (Å²) in [5.41, 5.74) is 6.03. The third-order valence-electron chi connectivity index (χ3n) is 5.13. The van der Waals surface area contributed by atoms with Crippen molar-refractivity contribution >= 4 is 17.0 Å². The fourth-order valence-electron chi connectivity index (χ4n) is 3.79. The van der Waals surface area contributed by atoms with Gasteiger partial charge in [0.2, 0.25) is 5.69 Å². The summed E-state index contributed by atoms with van der Waals surface area (Å²) in [4.78, 5) is 0. The van der Waals surface area contributed by atoms with Crippen LogP contribution in [0.1, 0.15) is 29.2 Å². The van der Waals surface area contributed by atoms with Crippen LogP contribution in [0.25, 0.3) is 28.3 Å². The second-order valence-electron chi connectivity index (χ2n) is 6.58. The lowest BCUT2D eigenvalue weighted by atomic mass is 9.98. The van der Waals surface area contributed by atoms with Crippen LogP contribution in [-0.4, -0.2) is 0 Å². The van der Waals surface area contributed by atoms with Crippen molar-refractivity contribution in [2.45, 2.75) is 19.3 Å². The molecular weight excluding hydrogens is 270 g/mol. The summed E-state index contributed by atoms with van der Waals surface area (Å²) in [6, 6.07) is 10.7. The predicted molar refractivity (Wildman–Crippen MR) is 87.4 cm³/mol. The molecule has 2 aliphatic carbocycles. The van der Waals surface area contributed by atoms with E-state index in [0.29, 0.717) is 11.8 Å². The highest BCUT2D eigenvalue weighted by molar-refractivity contribution is 5.99. The molecule has 2 nitrogen and oxygen atoms in total. The lowest BCUT2D eigenvalue weighted by molar-refractivity contribution is -0.660. The van der Waals surface area contributed by atoms with E-state index in [9.17, 15) is 0 Å². The minimum Gasteiger partial charge on any atom is -0.459 e. The number of hydrogen-bond acceptors (Lipinski definition) is 1. The highest BCUT2D eigenvalue weighted by atomic mass is 16.3. The molecule has 0 N–H and O–H groups in total. The second kappa shape index (κ2) is 4.10. The van der Waals surface area contributed by atoms with Gasteiger partial charge in [0.25, 0.3) is 0 Å². The monoisotopic (exact) mass is 288 g/mol. The molecule has 2 atom stereocenters. The van der Waals surface area contributed by atoms with Crippen molar-refractivity contribution in [2.75, 3.05) is 0 Å². The molecular formula is C20H18NO+. The van der Waals surface area contributed by atoms with Crippen LogP contribution in [-0.2, 0) is 7.05 Å². The quantitative estimate of drug-likeness (QED) is 0.608. The van der Waals surface area contributed by atoms with Gasteiger partial charge in [-0.1, -0.05) is 24.3 Å². The third-order valence-corrected chi connectivity index (χ3v) is 5.13. The van der Waals surface area contributed by atoms with Crippen molar-refractivity contribution in [1.82, 2.24) is 0 Å². The van der Waals surface area contributed by atoms with Crippen LogP contribution < -0.4 is 4.57 Å². The Hall–Kier alpha value is -2.35. The first-order chi connectivity index (χ1) is 10.7. The first-order valence-corrected chi connectivity index (χ1v) is 7.93. The van der Waals surface area contributed by atoms with E-state index in [2.05, 4.69) is 67.2 Å². The zero-order valence-corrected chi connectivity index (χ0v) is 12.8. The molecule has 0 amide bonds. The summed E-state index contributed by atoms with van der Waals surface area (Å²) >= 11 is 0. The van der Waals surface area contributed by atoms with Crippen molar-refractivity contribution in [3.8, 4) is 11.3 Å². The van der Waals surface area contributed by atoms with Crippen molar-refractivity contribution in [1.29, 1.82) is 0 Å². The molecule has 3 aromatic rings. The number of benzene rings is 1. The summed E-state index contributed by atoms with van der Waals surface area (Å²) in [5.74, 6) is 2.53. The average molecular weight is 288 g/mol. The normalized spacial score (nSPS) is 21.7. The van der Waals surface area contributed by atoms with E-state index in [1.54, 1.807) is 0 Å². The molecule has 0 spiro atoms. The van der Waals surface area contributed by atoms with Gasteiger partial charge in [0.1, 0.15) is 18.4 Å². The van der Waals surface area contributed by atoms with Crippen molar-refractivity contribution in [3.63, 3.8) is 0 Å². The number of pyridine rings is 1. The van der Waals surface area contributed by atoms with Crippen LogP contribution >= 0.6 is 0 Å². The molecule has 2 aromatic heterocycles. The van der Waals surface area contributed by atoms with Gasteiger partial charge in [0.05, 0.1) is 5.56 Å². The minimum atomic E-state index is 0.616. The molecule has 1 fully saturated rings. The van der Waals surface area contributed by atoms with E-state index in [1.807, 2.05) is 0 Å². The molecule has 1 saturated carbocycles. The van der Waals surface area contributed by atoms with Gasteiger partial charge in [-0.3, -0.25) is 0 Å². The maximum Gasteiger partial charge on any atom is 0.216 e. The van der Waals surface area contributed by atoms with Crippen LogP contribution in [0.3, 0.4) is 0 Å². The molecule has 1 aromatic carbocycles. The van der Waals surface area contributed by atoms with Crippen LogP contribution in [0.4, 0.5) is 0 Å². The fraction of sp³-hybridized carbons (Fsp3) is 0.250. The van der Waals surface area contributed by atoms with Gasteiger partial charge >= 0.3 is 0 Å². The molecule has 0 aliphatic heterocycles. The molecule has 2 unspecified atom stereocenters. The first kappa shape index (κ1) is 12.2. The van der Waals surface area contributed by atoms with Gasteiger partial charge in [-0.05, 0) is 30.9 Å². The van der Waals surface area contributed by atoms with Gasteiger partial charge in [-0.2, -0.15) is 0 Å². The zero-order chi connectivity index (χ0) is 14.8. The Morgan fingerprint density at radius 1 is 1.18 bits per heavy atom. The highest BCUT2D eigenvalue weighted by Gasteiger charge is 2.43. The van der Waals surface area contributed by atoms with Crippen LogP contribution in [0.5, 0.6) is 0 Å². The average Bonchev–Trinajstić information content (AvgIpc) is 3.22. The zero-order valence-electron chi connectivity index (χ0n) is 12.8. The van der Waals surface area contributed by atoms with Gasteiger partial charge in [-0.15, -0.1) is 0 Å². The Kier molecular flexibility index (Phi) is 2.28. The Balaban J connectivity index is 1.87. The van der Waals surface area contributed by atoms with Crippen molar-refractivity contribution < 1.29 is 8.98 Å². The lowest BCUT2D eigenvalue weighted by Gasteiger charge is -2.05. The van der Waals surface area contributed by atoms with Gasteiger partial charge in [0, 0.05) is 29.0 Å². The topological polar surface area (TPSA) is 17.0 Å². The smallest absolute Gasteiger partial charge is 0.216 e. The van der Waals surface area contributed by atoms with Gasteiger partial charge < -0.3 is 4.42 Å². The number of allylic oxidation sites excluding steroid dienone is 1. The summed E-state index contributed by atoms with van der Waals surface area (Å²) in [5, 5.41) is 1.25. The van der Waals surface area contributed by atoms with E-state index in [0.717, 1.165) is 5.58 Å². The molecule has 0 saturated heterocycles. The Bertz CT molecular complexity index is 948. The third kappa shape index (κ3) is 1.52. The number of rotatable bonds is 1. The Morgan fingerprint density at radius 2 is 2.09 bits per heavy atom. The molecule has 2 aliphatic rings. The summed E-state index contributed by atoms with van der Waals surface area (Å²) in [6.07, 6.45) is 7.95. The van der Waals surface area contributed by atoms with E-state index in [4.69, 9.17) is 4.42 Å².